The van der Waals surface area contributed by atoms with Crippen molar-refractivity contribution in [2.45, 2.75) is 26.8 Å². The van der Waals surface area contributed by atoms with Crippen LogP contribution in [-0.2, 0) is 15.5 Å². The lowest BCUT2D eigenvalue weighted by Crippen LogP contribution is -2.33. The predicted octanol–water partition coefficient (Wildman–Crippen LogP) is 0.770. The second kappa shape index (κ2) is 8.66. The Labute approximate surface area is 83.7 Å². The highest BCUT2D eigenvalue weighted by atomic mass is 32.2. The van der Waals surface area contributed by atoms with Crippen molar-refractivity contribution in [1.82, 2.24) is 5.32 Å². The zero-order valence-corrected chi connectivity index (χ0v) is 9.65. The van der Waals surface area contributed by atoms with Gasteiger partial charge in [-0.25, -0.2) is 0 Å². The maximum atomic E-state index is 11.0. The number of nitrogens with one attached hydrogen (secondary N) is 1. The fourth-order valence-corrected chi connectivity index (χ4v) is 1.55. The summed E-state index contributed by atoms with van der Waals surface area (Å²) in [6, 6.07) is 0.355. The predicted molar refractivity (Wildman–Crippen MR) is 57.5 cm³/mol. The average molecular weight is 207 g/mol. The first kappa shape index (κ1) is 13.1. The number of hydrogen-bond acceptors (Lipinski definition) is 3. The minimum absolute atomic E-state index is 0.355. The summed E-state index contributed by atoms with van der Waals surface area (Å²) in [7, 11) is -0.652. The molecule has 2 atom stereocenters. The van der Waals surface area contributed by atoms with Crippen LogP contribution in [0.25, 0.3) is 0 Å². The third-order valence-electron chi connectivity index (χ3n) is 1.72. The Morgan fingerprint density at radius 3 is 2.69 bits per heavy atom. The fourth-order valence-electron chi connectivity index (χ4n) is 0.917. The van der Waals surface area contributed by atoms with E-state index in [1.54, 1.807) is 0 Å². The largest absolute Gasteiger partial charge is 0.380 e. The van der Waals surface area contributed by atoms with Crippen LogP contribution in [-0.4, -0.2) is 41.5 Å². The molecule has 0 amide bonds. The molecule has 2 unspecified atom stereocenters. The lowest BCUT2D eigenvalue weighted by molar-refractivity contribution is 0.128. The van der Waals surface area contributed by atoms with Gasteiger partial charge in [-0.2, -0.15) is 0 Å². The highest BCUT2D eigenvalue weighted by Gasteiger charge is 2.01. The van der Waals surface area contributed by atoms with Gasteiger partial charge in [-0.05, 0) is 13.8 Å². The molecule has 0 aliphatic carbocycles. The van der Waals surface area contributed by atoms with Crippen LogP contribution in [0.2, 0.25) is 0 Å². The molecule has 0 saturated carbocycles. The van der Waals surface area contributed by atoms with Gasteiger partial charge in [0.05, 0.1) is 6.61 Å². The minimum Gasteiger partial charge on any atom is -0.380 e. The van der Waals surface area contributed by atoms with Gasteiger partial charge in [-0.1, -0.05) is 6.92 Å². The molecule has 0 spiro atoms. The molecular weight excluding hydrogens is 186 g/mol. The molecule has 13 heavy (non-hydrogen) atoms. The third kappa shape index (κ3) is 8.40. The highest BCUT2D eigenvalue weighted by molar-refractivity contribution is 7.84. The van der Waals surface area contributed by atoms with E-state index in [9.17, 15) is 4.21 Å². The molecule has 80 valence electrons. The highest BCUT2D eigenvalue weighted by Crippen LogP contribution is 1.85. The Bertz CT molecular complexity index is 142. The molecule has 0 heterocycles. The van der Waals surface area contributed by atoms with Gasteiger partial charge in [0.25, 0.3) is 0 Å². The van der Waals surface area contributed by atoms with Crippen LogP contribution < -0.4 is 5.32 Å². The summed E-state index contributed by atoms with van der Waals surface area (Å²) in [5.74, 6) is 1.49. The summed E-state index contributed by atoms with van der Waals surface area (Å²) in [6.07, 6.45) is 0. The maximum absolute atomic E-state index is 11.0. The first-order chi connectivity index (χ1) is 6.20. The summed E-state index contributed by atoms with van der Waals surface area (Å²) in [4.78, 5) is 0. The molecule has 4 heteroatoms. The smallest absolute Gasteiger partial charge is 0.0616 e. The summed E-state index contributed by atoms with van der Waals surface area (Å²) in [5.41, 5.74) is 0. The van der Waals surface area contributed by atoms with Crippen molar-refractivity contribution in [1.29, 1.82) is 0 Å². The minimum atomic E-state index is -0.652. The molecule has 0 saturated heterocycles. The molecule has 0 bridgehead atoms. The molecule has 0 aromatic carbocycles. The molecule has 0 aliphatic rings. The average Bonchev–Trinajstić information content (AvgIpc) is 2.14. The van der Waals surface area contributed by atoms with E-state index in [-0.39, 0.29) is 0 Å². The summed E-state index contributed by atoms with van der Waals surface area (Å²) in [5, 5.41) is 3.26. The van der Waals surface area contributed by atoms with Gasteiger partial charge >= 0.3 is 0 Å². The first-order valence-corrected chi connectivity index (χ1v) is 6.35. The standard InChI is InChI=1S/C9H21NO2S/c1-4-12-8-9(3)10-6-7-13(11)5-2/h9-10H,4-8H2,1-3H3. The van der Waals surface area contributed by atoms with E-state index in [0.29, 0.717) is 6.04 Å². The lowest BCUT2D eigenvalue weighted by Gasteiger charge is -2.12. The third-order valence-corrected chi connectivity index (χ3v) is 3.02. The van der Waals surface area contributed by atoms with Crippen molar-refractivity contribution in [2.75, 3.05) is 31.3 Å². The van der Waals surface area contributed by atoms with Crippen molar-refractivity contribution in [3.8, 4) is 0 Å². The maximum Gasteiger partial charge on any atom is 0.0616 e. The second-order valence-corrected chi connectivity index (χ2v) is 4.81. The topological polar surface area (TPSA) is 38.3 Å². The number of hydrogen-bond donors (Lipinski definition) is 1. The molecular formula is C9H21NO2S. The van der Waals surface area contributed by atoms with Crippen molar-refractivity contribution >= 4 is 10.8 Å². The van der Waals surface area contributed by atoms with Crippen LogP contribution >= 0.6 is 0 Å². The fraction of sp³-hybridized carbons (Fsp3) is 1.00. The van der Waals surface area contributed by atoms with Crippen LogP contribution in [0.3, 0.4) is 0 Å². The summed E-state index contributed by atoms with van der Waals surface area (Å²) in [6.45, 7) is 8.31. The van der Waals surface area contributed by atoms with Crippen LogP contribution in [0.1, 0.15) is 20.8 Å². The van der Waals surface area contributed by atoms with E-state index >= 15 is 0 Å². The molecule has 0 fully saturated rings. The first-order valence-electron chi connectivity index (χ1n) is 4.86. The Balaban J connectivity index is 3.26. The van der Waals surface area contributed by atoms with E-state index < -0.39 is 10.8 Å². The molecule has 3 nitrogen and oxygen atoms in total. The van der Waals surface area contributed by atoms with E-state index in [1.165, 1.54) is 0 Å². The molecule has 0 rings (SSSR count). The Hall–Kier alpha value is 0.0700. The van der Waals surface area contributed by atoms with Gasteiger partial charge in [0.2, 0.25) is 0 Å². The monoisotopic (exact) mass is 207 g/mol. The number of rotatable bonds is 8. The zero-order valence-electron chi connectivity index (χ0n) is 8.84. The van der Waals surface area contributed by atoms with Crippen LogP contribution in [0.15, 0.2) is 0 Å². The van der Waals surface area contributed by atoms with Gasteiger partial charge < -0.3 is 10.1 Å². The molecule has 1 N–H and O–H groups in total. The van der Waals surface area contributed by atoms with Gasteiger partial charge in [0, 0.05) is 41.5 Å². The molecule has 0 aromatic rings. The Kier molecular flexibility index (Phi) is 8.71. The SMILES string of the molecule is CCOCC(C)NCCS(=O)CC. The van der Waals surface area contributed by atoms with Crippen molar-refractivity contribution in [3.05, 3.63) is 0 Å². The van der Waals surface area contributed by atoms with E-state index in [4.69, 9.17) is 4.74 Å². The lowest BCUT2D eigenvalue weighted by atomic mass is 10.3. The zero-order chi connectivity index (χ0) is 10.1. The summed E-state index contributed by atoms with van der Waals surface area (Å²) >= 11 is 0. The van der Waals surface area contributed by atoms with E-state index in [1.807, 2.05) is 13.8 Å². The molecule has 0 radical (unpaired) electrons. The van der Waals surface area contributed by atoms with Crippen LogP contribution in [0.5, 0.6) is 0 Å². The van der Waals surface area contributed by atoms with Gasteiger partial charge in [-0.3, -0.25) is 4.21 Å². The summed E-state index contributed by atoms with van der Waals surface area (Å²) < 4.78 is 16.3. The van der Waals surface area contributed by atoms with E-state index in [0.717, 1.165) is 31.3 Å². The van der Waals surface area contributed by atoms with Crippen LogP contribution in [0.4, 0.5) is 0 Å². The number of ether oxygens (including phenoxy) is 1. The normalized spacial score (nSPS) is 15.6. The molecule has 0 aliphatic heterocycles. The quantitative estimate of drug-likeness (QED) is 0.639. The Morgan fingerprint density at radius 2 is 2.15 bits per heavy atom. The van der Waals surface area contributed by atoms with Crippen LogP contribution in [0, 0.1) is 0 Å². The van der Waals surface area contributed by atoms with E-state index in [2.05, 4.69) is 12.2 Å². The second-order valence-electron chi connectivity index (χ2n) is 2.95. The van der Waals surface area contributed by atoms with Gasteiger partial charge in [-0.15, -0.1) is 0 Å². The molecule has 0 aromatic heterocycles. The van der Waals surface area contributed by atoms with Gasteiger partial charge in [0.1, 0.15) is 0 Å². The van der Waals surface area contributed by atoms with Crippen molar-refractivity contribution < 1.29 is 8.95 Å². The van der Waals surface area contributed by atoms with Crippen molar-refractivity contribution in [3.63, 3.8) is 0 Å². The Morgan fingerprint density at radius 1 is 1.46 bits per heavy atom. The van der Waals surface area contributed by atoms with Gasteiger partial charge in [0.15, 0.2) is 0 Å². The van der Waals surface area contributed by atoms with Crippen molar-refractivity contribution in [2.24, 2.45) is 0 Å².